The third-order valence-electron chi connectivity index (χ3n) is 3.49. The molecule has 1 aliphatic carbocycles. The molecule has 5 heteroatoms. The van der Waals surface area contributed by atoms with E-state index in [1.807, 2.05) is 20.8 Å². The van der Waals surface area contributed by atoms with Gasteiger partial charge in [-0.2, -0.15) is 0 Å². The van der Waals surface area contributed by atoms with Crippen LogP contribution in [0.5, 0.6) is 0 Å². The second-order valence-corrected chi connectivity index (χ2v) is 6.62. The van der Waals surface area contributed by atoms with E-state index in [0.29, 0.717) is 32.5 Å². The lowest BCUT2D eigenvalue weighted by molar-refractivity contribution is -0.179. The standard InChI is InChI=1S/C12H22N2O3/c1-10(2,3)17-9(15)14-7-11(8-14)4-12(16,5-11)6-13/h16H,4-8,13H2,1-3H3. The SMILES string of the molecule is CC(C)(C)OC(=O)N1CC2(C1)CC(O)(CN)C2. The van der Waals surface area contributed by atoms with E-state index in [9.17, 15) is 9.90 Å². The van der Waals surface area contributed by atoms with Gasteiger partial charge in [-0.15, -0.1) is 0 Å². The van der Waals surface area contributed by atoms with Crippen LogP contribution in [0.1, 0.15) is 33.6 Å². The van der Waals surface area contributed by atoms with Crippen LogP contribution in [-0.4, -0.2) is 46.9 Å². The van der Waals surface area contributed by atoms with Gasteiger partial charge in [0.25, 0.3) is 0 Å². The van der Waals surface area contributed by atoms with Gasteiger partial charge in [0.05, 0.1) is 5.60 Å². The minimum Gasteiger partial charge on any atom is -0.444 e. The zero-order valence-electron chi connectivity index (χ0n) is 10.8. The second-order valence-electron chi connectivity index (χ2n) is 6.62. The van der Waals surface area contributed by atoms with Gasteiger partial charge in [-0.1, -0.05) is 0 Å². The smallest absolute Gasteiger partial charge is 0.410 e. The number of likely N-dealkylation sites (tertiary alicyclic amines) is 1. The highest BCUT2D eigenvalue weighted by Gasteiger charge is 2.60. The number of rotatable bonds is 1. The van der Waals surface area contributed by atoms with Crippen molar-refractivity contribution in [2.45, 2.75) is 44.8 Å². The van der Waals surface area contributed by atoms with Crippen molar-refractivity contribution >= 4 is 6.09 Å². The van der Waals surface area contributed by atoms with Crippen molar-refractivity contribution in [3.05, 3.63) is 0 Å². The molecule has 1 amide bonds. The minimum absolute atomic E-state index is 0.102. The van der Waals surface area contributed by atoms with Crippen LogP contribution in [0.15, 0.2) is 0 Å². The van der Waals surface area contributed by atoms with Gasteiger partial charge in [0.15, 0.2) is 0 Å². The summed E-state index contributed by atoms with van der Waals surface area (Å²) < 4.78 is 5.28. The highest BCUT2D eigenvalue weighted by molar-refractivity contribution is 5.69. The van der Waals surface area contributed by atoms with Gasteiger partial charge < -0.3 is 20.5 Å². The zero-order valence-corrected chi connectivity index (χ0v) is 10.8. The molecule has 0 unspecified atom stereocenters. The number of nitrogens with zero attached hydrogens (tertiary/aromatic N) is 1. The lowest BCUT2D eigenvalue weighted by Crippen LogP contribution is -2.70. The predicted molar refractivity (Wildman–Crippen MR) is 63.5 cm³/mol. The summed E-state index contributed by atoms with van der Waals surface area (Å²) >= 11 is 0. The average molecular weight is 242 g/mol. The van der Waals surface area contributed by atoms with Crippen molar-refractivity contribution in [1.29, 1.82) is 0 Å². The van der Waals surface area contributed by atoms with Crippen molar-refractivity contribution in [2.24, 2.45) is 11.1 Å². The van der Waals surface area contributed by atoms with Crippen LogP contribution in [0, 0.1) is 5.41 Å². The maximum atomic E-state index is 11.7. The minimum atomic E-state index is -0.694. The molecular weight excluding hydrogens is 220 g/mol. The summed E-state index contributed by atoms with van der Waals surface area (Å²) in [5.41, 5.74) is 4.45. The van der Waals surface area contributed by atoms with E-state index in [4.69, 9.17) is 10.5 Å². The first-order chi connectivity index (χ1) is 7.67. The molecule has 17 heavy (non-hydrogen) atoms. The Morgan fingerprint density at radius 3 is 2.35 bits per heavy atom. The Morgan fingerprint density at radius 1 is 1.41 bits per heavy atom. The number of nitrogens with two attached hydrogens (primary N) is 1. The van der Waals surface area contributed by atoms with Gasteiger partial charge in [-0.25, -0.2) is 4.79 Å². The van der Waals surface area contributed by atoms with E-state index >= 15 is 0 Å². The molecule has 3 N–H and O–H groups in total. The molecule has 1 spiro atoms. The molecule has 1 heterocycles. The Balaban J connectivity index is 1.79. The van der Waals surface area contributed by atoms with Gasteiger partial charge >= 0.3 is 6.09 Å². The average Bonchev–Trinajstić information content (AvgIpc) is 2.05. The van der Waals surface area contributed by atoms with Crippen molar-refractivity contribution in [1.82, 2.24) is 4.90 Å². The lowest BCUT2D eigenvalue weighted by atomic mass is 9.55. The summed E-state index contributed by atoms with van der Waals surface area (Å²) in [6, 6.07) is 0. The number of ether oxygens (including phenoxy) is 1. The van der Waals surface area contributed by atoms with Crippen molar-refractivity contribution in [2.75, 3.05) is 19.6 Å². The van der Waals surface area contributed by atoms with Gasteiger partial charge in [0.2, 0.25) is 0 Å². The zero-order chi connectivity index (χ0) is 12.9. The molecule has 1 saturated heterocycles. The fourth-order valence-corrected chi connectivity index (χ4v) is 2.93. The fourth-order valence-electron chi connectivity index (χ4n) is 2.93. The Bertz CT molecular complexity index is 321. The number of carbonyl (C=O) groups is 1. The third-order valence-corrected chi connectivity index (χ3v) is 3.49. The van der Waals surface area contributed by atoms with Crippen LogP contribution in [0.2, 0.25) is 0 Å². The number of aliphatic hydroxyl groups is 1. The van der Waals surface area contributed by atoms with E-state index in [-0.39, 0.29) is 11.5 Å². The van der Waals surface area contributed by atoms with E-state index in [2.05, 4.69) is 0 Å². The van der Waals surface area contributed by atoms with E-state index in [1.54, 1.807) is 4.90 Å². The maximum absolute atomic E-state index is 11.7. The van der Waals surface area contributed by atoms with E-state index in [1.165, 1.54) is 0 Å². The summed E-state index contributed by atoms with van der Waals surface area (Å²) in [7, 11) is 0. The number of hydrogen-bond donors (Lipinski definition) is 2. The van der Waals surface area contributed by atoms with E-state index < -0.39 is 11.2 Å². The van der Waals surface area contributed by atoms with Crippen molar-refractivity contribution in [3.63, 3.8) is 0 Å². The fraction of sp³-hybridized carbons (Fsp3) is 0.917. The molecule has 0 aromatic carbocycles. The molecular formula is C12H22N2O3. The molecule has 2 aliphatic rings. The summed E-state index contributed by atoms with van der Waals surface area (Å²) in [6.45, 7) is 7.25. The molecule has 98 valence electrons. The molecule has 0 aromatic heterocycles. The van der Waals surface area contributed by atoms with Crippen LogP contribution in [0.25, 0.3) is 0 Å². The van der Waals surface area contributed by atoms with Crippen LogP contribution in [0.4, 0.5) is 4.79 Å². The topological polar surface area (TPSA) is 75.8 Å². The molecule has 0 radical (unpaired) electrons. The Hall–Kier alpha value is -0.810. The third kappa shape index (κ3) is 2.40. The van der Waals surface area contributed by atoms with Crippen molar-refractivity contribution < 1.29 is 14.6 Å². The van der Waals surface area contributed by atoms with E-state index in [0.717, 1.165) is 0 Å². The largest absolute Gasteiger partial charge is 0.444 e. The number of amides is 1. The first-order valence-corrected chi connectivity index (χ1v) is 6.08. The predicted octanol–water partition coefficient (Wildman–Crippen LogP) is 0.707. The lowest BCUT2D eigenvalue weighted by Gasteiger charge is -2.61. The molecule has 0 atom stereocenters. The monoisotopic (exact) mass is 242 g/mol. The van der Waals surface area contributed by atoms with Crippen LogP contribution >= 0.6 is 0 Å². The second kappa shape index (κ2) is 3.59. The van der Waals surface area contributed by atoms with Crippen molar-refractivity contribution in [3.8, 4) is 0 Å². The van der Waals surface area contributed by atoms with Gasteiger partial charge in [-0.3, -0.25) is 0 Å². The summed E-state index contributed by atoms with van der Waals surface area (Å²) in [4.78, 5) is 13.4. The maximum Gasteiger partial charge on any atom is 0.410 e. The number of hydrogen-bond acceptors (Lipinski definition) is 4. The first-order valence-electron chi connectivity index (χ1n) is 6.08. The normalized spacial score (nSPS) is 25.1. The molecule has 2 fully saturated rings. The van der Waals surface area contributed by atoms with Crippen LogP contribution in [0.3, 0.4) is 0 Å². The highest BCUT2D eigenvalue weighted by atomic mass is 16.6. The Kier molecular flexibility index (Phi) is 2.67. The highest BCUT2D eigenvalue weighted by Crippen LogP contribution is 2.53. The van der Waals surface area contributed by atoms with Gasteiger partial charge in [0.1, 0.15) is 5.60 Å². The van der Waals surface area contributed by atoms with Crippen LogP contribution < -0.4 is 5.73 Å². The Morgan fingerprint density at radius 2 is 1.94 bits per heavy atom. The number of carbonyl (C=O) groups excluding carboxylic acids is 1. The molecule has 1 aliphatic heterocycles. The quantitative estimate of drug-likeness (QED) is 0.710. The van der Waals surface area contributed by atoms with Gasteiger partial charge in [-0.05, 0) is 33.6 Å². The van der Waals surface area contributed by atoms with Gasteiger partial charge in [0, 0.05) is 25.0 Å². The molecule has 0 bridgehead atoms. The summed E-state index contributed by atoms with van der Waals surface area (Å²) in [5.74, 6) is 0. The molecule has 5 nitrogen and oxygen atoms in total. The molecule has 1 saturated carbocycles. The van der Waals surface area contributed by atoms with Crippen LogP contribution in [-0.2, 0) is 4.74 Å². The molecule has 0 aromatic rings. The molecule has 2 rings (SSSR count). The first kappa shape index (κ1) is 12.6. The summed E-state index contributed by atoms with van der Waals surface area (Å²) in [5, 5.41) is 9.87. The summed E-state index contributed by atoms with van der Waals surface area (Å²) in [6.07, 6.45) is 1.15. The Labute approximate surface area is 102 Å².